The van der Waals surface area contributed by atoms with Crippen molar-refractivity contribution in [3.05, 3.63) is 36.4 Å². The number of hydrogen-bond donors (Lipinski definition) is 2. The van der Waals surface area contributed by atoms with E-state index in [4.69, 9.17) is 4.74 Å². The Kier molecular flexibility index (Phi) is 4.65. The Labute approximate surface area is 162 Å². The van der Waals surface area contributed by atoms with E-state index in [1.165, 1.54) is 6.20 Å². The molecule has 5 heterocycles. The van der Waals surface area contributed by atoms with Gasteiger partial charge in [-0.1, -0.05) is 0 Å². The fourth-order valence-electron chi connectivity index (χ4n) is 4.18. The summed E-state index contributed by atoms with van der Waals surface area (Å²) in [6, 6.07) is 6.61. The van der Waals surface area contributed by atoms with Gasteiger partial charge in [-0.05, 0) is 25.0 Å². The Morgan fingerprint density at radius 2 is 1.96 bits per heavy atom. The summed E-state index contributed by atoms with van der Waals surface area (Å²) >= 11 is 0. The molecule has 0 saturated carbocycles. The second kappa shape index (κ2) is 6.98. The van der Waals surface area contributed by atoms with E-state index in [2.05, 4.69) is 25.2 Å². The van der Waals surface area contributed by atoms with Crippen LogP contribution in [0.3, 0.4) is 0 Å². The zero-order valence-corrected chi connectivity index (χ0v) is 15.7. The van der Waals surface area contributed by atoms with Crippen LogP contribution in [0.15, 0.2) is 30.6 Å². The largest absolute Gasteiger partial charge is 0.481 e. The van der Waals surface area contributed by atoms with Crippen LogP contribution < -0.4 is 15.0 Å². The Bertz CT molecular complexity index is 966. The number of anilines is 1. The zero-order valence-electron chi connectivity index (χ0n) is 14.9. The van der Waals surface area contributed by atoms with E-state index in [1.54, 1.807) is 13.3 Å². The van der Waals surface area contributed by atoms with Gasteiger partial charge in [0.05, 0.1) is 19.0 Å². The maximum Gasteiger partial charge on any atom is 0.213 e. The number of nitrogens with one attached hydrogen (secondary N) is 2. The number of H-pyrrole nitrogens is 1. The number of rotatable bonds is 3. The highest BCUT2D eigenvalue weighted by Gasteiger charge is 2.34. The molecule has 2 aliphatic rings. The number of halogens is 2. The lowest BCUT2D eigenvalue weighted by atomic mass is 10.1. The molecule has 0 radical (unpaired) electrons. The summed E-state index contributed by atoms with van der Waals surface area (Å²) in [5, 5.41) is 4.41. The monoisotopic (exact) mass is 389 g/mol. The minimum Gasteiger partial charge on any atom is -0.481 e. The molecular formula is C19H21ClFN5O. The van der Waals surface area contributed by atoms with Crippen molar-refractivity contribution in [3.63, 3.8) is 0 Å². The van der Waals surface area contributed by atoms with E-state index in [-0.39, 0.29) is 18.2 Å². The van der Waals surface area contributed by atoms with Gasteiger partial charge in [-0.25, -0.2) is 14.4 Å². The molecule has 2 N–H and O–H groups in total. The second-order valence-corrected chi connectivity index (χ2v) is 7.03. The van der Waals surface area contributed by atoms with Crippen LogP contribution in [0.4, 0.5) is 10.1 Å². The molecule has 27 heavy (non-hydrogen) atoms. The first-order chi connectivity index (χ1) is 12.7. The molecule has 0 aromatic carbocycles. The van der Waals surface area contributed by atoms with Crippen molar-refractivity contribution >= 4 is 29.1 Å². The Hall–Kier alpha value is -2.38. The number of aromatic amines is 1. The number of ether oxygens (including phenoxy) is 1. The molecule has 2 fully saturated rings. The van der Waals surface area contributed by atoms with Crippen molar-refractivity contribution in [2.45, 2.75) is 24.9 Å². The predicted octanol–water partition coefficient (Wildman–Crippen LogP) is 3.14. The van der Waals surface area contributed by atoms with Crippen molar-refractivity contribution in [1.82, 2.24) is 20.3 Å². The van der Waals surface area contributed by atoms with Crippen molar-refractivity contribution < 1.29 is 9.13 Å². The van der Waals surface area contributed by atoms with Crippen LogP contribution in [-0.4, -0.2) is 47.2 Å². The lowest BCUT2D eigenvalue weighted by molar-refractivity contribution is 0.398. The molecule has 0 aliphatic carbocycles. The molecular weight excluding hydrogens is 369 g/mol. The third kappa shape index (κ3) is 3.11. The minimum atomic E-state index is -0.267. The average molecular weight is 390 g/mol. The number of pyridine rings is 2. The maximum absolute atomic E-state index is 14.7. The van der Waals surface area contributed by atoms with Crippen LogP contribution in [0.5, 0.6) is 5.88 Å². The first-order valence-corrected chi connectivity index (χ1v) is 8.90. The van der Waals surface area contributed by atoms with E-state index in [1.807, 2.05) is 18.2 Å². The standard InChI is InChI=1S/C19H20FN5O.ClH/c1-26-17-6-11(4-5-21-17)16-7-14-18(15(20)8-22-19(14)24-16)25-9-12-2-3-13(10-25)23-12;/h4-8,12-13,23H,2-3,9-10H2,1H3,(H,22,24);1H. The molecule has 2 bridgehead atoms. The Morgan fingerprint density at radius 1 is 1.19 bits per heavy atom. The van der Waals surface area contributed by atoms with Crippen LogP contribution in [0.25, 0.3) is 22.3 Å². The third-order valence-corrected chi connectivity index (χ3v) is 5.37. The average Bonchev–Trinajstić information content (AvgIpc) is 3.24. The fraction of sp³-hybridized carbons (Fsp3) is 0.368. The summed E-state index contributed by atoms with van der Waals surface area (Å²) in [5.74, 6) is 0.274. The zero-order chi connectivity index (χ0) is 17.7. The van der Waals surface area contributed by atoms with E-state index >= 15 is 0 Å². The van der Waals surface area contributed by atoms with Gasteiger partial charge < -0.3 is 19.9 Å². The lowest BCUT2D eigenvalue weighted by Crippen LogP contribution is -2.51. The number of aromatic nitrogens is 3. The lowest BCUT2D eigenvalue weighted by Gasteiger charge is -2.35. The van der Waals surface area contributed by atoms with Crippen LogP contribution in [-0.2, 0) is 0 Å². The topological polar surface area (TPSA) is 66.1 Å². The SMILES string of the molecule is COc1cc(-c2cc3c(N4CC5CCC(C4)N5)c(F)cnc3[nH]2)ccn1.Cl. The molecule has 3 aromatic heterocycles. The molecule has 6 nitrogen and oxygen atoms in total. The molecule has 142 valence electrons. The van der Waals surface area contributed by atoms with Crippen LogP contribution in [0.2, 0.25) is 0 Å². The van der Waals surface area contributed by atoms with Crippen molar-refractivity contribution in [1.29, 1.82) is 0 Å². The Balaban J connectivity index is 0.00000180. The van der Waals surface area contributed by atoms with Gasteiger partial charge in [0.25, 0.3) is 0 Å². The number of nitrogens with zero attached hydrogens (tertiary/aromatic N) is 3. The second-order valence-electron chi connectivity index (χ2n) is 7.03. The van der Waals surface area contributed by atoms with E-state index < -0.39 is 0 Å². The van der Waals surface area contributed by atoms with Crippen LogP contribution in [0.1, 0.15) is 12.8 Å². The summed E-state index contributed by atoms with van der Waals surface area (Å²) in [4.78, 5) is 13.9. The molecule has 2 aliphatic heterocycles. The summed E-state index contributed by atoms with van der Waals surface area (Å²) in [6.45, 7) is 1.66. The highest BCUT2D eigenvalue weighted by molar-refractivity contribution is 5.94. The van der Waals surface area contributed by atoms with Gasteiger partial charge in [0.1, 0.15) is 5.65 Å². The number of hydrogen-bond acceptors (Lipinski definition) is 5. The van der Waals surface area contributed by atoms with E-state index in [9.17, 15) is 4.39 Å². The Morgan fingerprint density at radius 3 is 2.70 bits per heavy atom. The molecule has 5 rings (SSSR count). The molecule has 0 amide bonds. The van der Waals surface area contributed by atoms with Gasteiger partial charge >= 0.3 is 0 Å². The van der Waals surface area contributed by atoms with Gasteiger partial charge in [0.2, 0.25) is 5.88 Å². The van der Waals surface area contributed by atoms with Gasteiger partial charge in [-0.2, -0.15) is 0 Å². The summed E-state index contributed by atoms with van der Waals surface area (Å²) in [5.41, 5.74) is 3.15. The normalized spacial score (nSPS) is 21.3. The predicted molar refractivity (Wildman–Crippen MR) is 105 cm³/mol. The quantitative estimate of drug-likeness (QED) is 0.720. The highest BCUT2D eigenvalue weighted by Crippen LogP contribution is 2.35. The summed E-state index contributed by atoms with van der Waals surface area (Å²) < 4.78 is 19.9. The first-order valence-electron chi connectivity index (χ1n) is 8.90. The van der Waals surface area contributed by atoms with Crippen molar-refractivity contribution in [3.8, 4) is 17.1 Å². The molecule has 2 atom stereocenters. The van der Waals surface area contributed by atoms with Crippen molar-refractivity contribution in [2.75, 3.05) is 25.1 Å². The molecule has 8 heteroatoms. The van der Waals surface area contributed by atoms with Gasteiger partial charge in [-0.15, -0.1) is 12.4 Å². The fourth-order valence-corrected chi connectivity index (χ4v) is 4.18. The number of piperazine rings is 1. The van der Waals surface area contributed by atoms with Crippen molar-refractivity contribution in [2.24, 2.45) is 0 Å². The first kappa shape index (κ1) is 18.0. The molecule has 0 spiro atoms. The maximum atomic E-state index is 14.7. The third-order valence-electron chi connectivity index (χ3n) is 5.37. The van der Waals surface area contributed by atoms with Gasteiger partial charge in [-0.3, -0.25) is 0 Å². The van der Waals surface area contributed by atoms with Gasteiger partial charge in [0.15, 0.2) is 5.82 Å². The molecule has 3 aromatic rings. The summed E-state index contributed by atoms with van der Waals surface area (Å²) in [6.07, 6.45) is 5.33. The number of methoxy groups -OCH3 is 1. The van der Waals surface area contributed by atoms with E-state index in [0.29, 0.717) is 29.3 Å². The molecule has 2 saturated heterocycles. The highest BCUT2D eigenvalue weighted by atomic mass is 35.5. The smallest absolute Gasteiger partial charge is 0.213 e. The van der Waals surface area contributed by atoms with E-state index in [0.717, 1.165) is 42.6 Å². The van der Waals surface area contributed by atoms with Crippen LogP contribution >= 0.6 is 12.4 Å². The molecule has 2 unspecified atom stereocenters. The number of fused-ring (bicyclic) bond motifs is 3. The summed E-state index contributed by atoms with van der Waals surface area (Å²) in [7, 11) is 1.59. The minimum absolute atomic E-state index is 0. The van der Waals surface area contributed by atoms with Gasteiger partial charge in [0, 0.05) is 54.1 Å². The van der Waals surface area contributed by atoms with Crippen LogP contribution in [0, 0.1) is 5.82 Å².